The Morgan fingerprint density at radius 2 is 1.97 bits per heavy atom. The predicted octanol–water partition coefficient (Wildman–Crippen LogP) is 4.73. The SMILES string of the molecule is CC1(C)N=C(c2ccc(-c3nc4ccccc4s3)cc2F)N(CC2CCN(C(=O)C3CC3)C2)C1=O. The zero-order chi connectivity index (χ0) is 24.3. The van der Waals surface area contributed by atoms with E-state index in [2.05, 4.69) is 9.98 Å². The van der Waals surface area contributed by atoms with Crippen LogP contribution in [-0.4, -0.2) is 57.6 Å². The molecule has 2 aliphatic heterocycles. The maximum Gasteiger partial charge on any atom is 0.255 e. The lowest BCUT2D eigenvalue weighted by molar-refractivity contribution is -0.131. The first-order valence-corrected chi connectivity index (χ1v) is 13.0. The Balaban J connectivity index is 1.26. The molecule has 1 aromatic heterocycles. The van der Waals surface area contributed by atoms with Crippen molar-refractivity contribution in [3.63, 3.8) is 0 Å². The van der Waals surface area contributed by atoms with Crippen molar-refractivity contribution in [2.24, 2.45) is 16.8 Å². The number of hydrogen-bond acceptors (Lipinski definition) is 5. The summed E-state index contributed by atoms with van der Waals surface area (Å²) in [6.45, 7) is 5.34. The quantitative estimate of drug-likeness (QED) is 0.520. The van der Waals surface area contributed by atoms with Crippen molar-refractivity contribution in [2.75, 3.05) is 19.6 Å². The van der Waals surface area contributed by atoms with E-state index in [4.69, 9.17) is 0 Å². The smallest absolute Gasteiger partial charge is 0.255 e. The summed E-state index contributed by atoms with van der Waals surface area (Å²) < 4.78 is 16.5. The van der Waals surface area contributed by atoms with E-state index < -0.39 is 11.4 Å². The Kier molecular flexibility index (Phi) is 5.25. The van der Waals surface area contributed by atoms with Gasteiger partial charge >= 0.3 is 0 Å². The molecule has 0 radical (unpaired) electrons. The highest BCUT2D eigenvalue weighted by molar-refractivity contribution is 7.21. The Morgan fingerprint density at radius 1 is 1.17 bits per heavy atom. The van der Waals surface area contributed by atoms with Crippen molar-refractivity contribution in [3.8, 4) is 10.6 Å². The molecule has 6 nitrogen and oxygen atoms in total. The number of likely N-dealkylation sites (tertiary alicyclic amines) is 1. The highest BCUT2D eigenvalue weighted by Crippen LogP contribution is 2.35. The molecule has 1 saturated heterocycles. The van der Waals surface area contributed by atoms with Gasteiger partial charge in [-0.15, -0.1) is 11.3 Å². The number of rotatable bonds is 5. The molecule has 2 fully saturated rings. The molecule has 0 bridgehead atoms. The van der Waals surface area contributed by atoms with Gasteiger partial charge in [-0.05, 0) is 63.3 Å². The lowest BCUT2D eigenvalue weighted by Crippen LogP contribution is -2.43. The fraction of sp³-hybridized carbons (Fsp3) is 0.407. The van der Waals surface area contributed by atoms with E-state index in [1.165, 1.54) is 17.4 Å². The van der Waals surface area contributed by atoms with E-state index in [9.17, 15) is 9.59 Å². The van der Waals surface area contributed by atoms with Gasteiger partial charge in [0.1, 0.15) is 22.2 Å². The van der Waals surface area contributed by atoms with Gasteiger partial charge in [-0.1, -0.05) is 18.2 Å². The van der Waals surface area contributed by atoms with Crippen LogP contribution in [-0.2, 0) is 9.59 Å². The molecule has 2 aromatic carbocycles. The summed E-state index contributed by atoms with van der Waals surface area (Å²) in [4.78, 5) is 38.5. The van der Waals surface area contributed by atoms with Gasteiger partial charge in [-0.2, -0.15) is 0 Å². The molecule has 2 amide bonds. The standard InChI is InChI=1S/C27H27FN4O2S/c1-27(2)26(34)32(15-16-11-12-31(14-16)25(33)17-7-8-17)23(30-27)19-10-9-18(13-20(19)28)24-29-21-5-3-4-6-22(21)35-24/h3-6,9-10,13,16-17H,7-8,11-12,14-15H2,1-2H3. The molecule has 1 aliphatic carbocycles. The van der Waals surface area contributed by atoms with Crippen LogP contribution in [0.2, 0.25) is 0 Å². The van der Waals surface area contributed by atoms with Crippen molar-refractivity contribution in [1.82, 2.24) is 14.8 Å². The van der Waals surface area contributed by atoms with Crippen LogP contribution in [0.5, 0.6) is 0 Å². The molecule has 1 atom stereocenters. The first-order chi connectivity index (χ1) is 16.8. The number of benzene rings is 2. The number of thiazole rings is 1. The average molecular weight is 491 g/mol. The maximum absolute atomic E-state index is 15.5. The van der Waals surface area contributed by atoms with Gasteiger partial charge in [-0.3, -0.25) is 19.5 Å². The van der Waals surface area contributed by atoms with Crippen molar-refractivity contribution in [2.45, 2.75) is 38.6 Å². The summed E-state index contributed by atoms with van der Waals surface area (Å²) >= 11 is 1.52. The van der Waals surface area contributed by atoms with Crippen LogP contribution < -0.4 is 0 Å². The molecular weight excluding hydrogens is 463 g/mol. The van der Waals surface area contributed by atoms with E-state index in [0.29, 0.717) is 30.1 Å². The number of fused-ring (bicyclic) bond motifs is 1. The van der Waals surface area contributed by atoms with Crippen LogP contribution in [0.25, 0.3) is 20.8 Å². The number of hydrogen-bond donors (Lipinski definition) is 0. The summed E-state index contributed by atoms with van der Waals surface area (Å²) in [7, 11) is 0. The molecule has 0 N–H and O–H groups in total. The maximum atomic E-state index is 15.5. The number of amides is 2. The van der Waals surface area contributed by atoms with Crippen LogP contribution in [0.15, 0.2) is 47.5 Å². The highest BCUT2D eigenvalue weighted by atomic mass is 32.1. The average Bonchev–Trinajstić information content (AvgIpc) is 3.35. The number of halogens is 1. The molecule has 3 aromatic rings. The third-order valence-electron chi connectivity index (χ3n) is 7.13. The number of aromatic nitrogens is 1. The summed E-state index contributed by atoms with van der Waals surface area (Å²) in [5, 5.41) is 0.754. The van der Waals surface area contributed by atoms with Gasteiger partial charge in [0.15, 0.2) is 0 Å². The summed E-state index contributed by atoms with van der Waals surface area (Å²) in [6, 6.07) is 12.9. The third kappa shape index (κ3) is 4.03. The van der Waals surface area contributed by atoms with Crippen molar-refractivity contribution in [3.05, 3.63) is 53.8 Å². The monoisotopic (exact) mass is 490 g/mol. The molecule has 3 aliphatic rings. The lowest BCUT2D eigenvalue weighted by atomic mass is 10.0. The first kappa shape index (κ1) is 22.3. The Hall–Kier alpha value is -3.13. The fourth-order valence-corrected chi connectivity index (χ4v) is 5.99. The minimum absolute atomic E-state index is 0.130. The van der Waals surface area contributed by atoms with Crippen LogP contribution in [0, 0.1) is 17.7 Å². The number of carbonyl (C=O) groups excluding carboxylic acids is 2. The van der Waals surface area contributed by atoms with Crippen LogP contribution >= 0.6 is 11.3 Å². The zero-order valence-corrected chi connectivity index (χ0v) is 20.6. The van der Waals surface area contributed by atoms with Crippen LogP contribution in [0.4, 0.5) is 4.39 Å². The van der Waals surface area contributed by atoms with E-state index in [-0.39, 0.29) is 23.7 Å². The van der Waals surface area contributed by atoms with Gasteiger partial charge in [0.05, 0.1) is 15.8 Å². The van der Waals surface area contributed by atoms with Crippen molar-refractivity contribution in [1.29, 1.82) is 0 Å². The Morgan fingerprint density at radius 3 is 2.71 bits per heavy atom. The highest BCUT2D eigenvalue weighted by Gasteiger charge is 2.44. The molecule has 1 saturated carbocycles. The molecular formula is C27H27FN4O2S. The number of nitrogens with zero attached hydrogens (tertiary/aromatic N) is 4. The van der Waals surface area contributed by atoms with E-state index in [1.807, 2.05) is 35.2 Å². The summed E-state index contributed by atoms with van der Waals surface area (Å²) in [6.07, 6.45) is 2.82. The second-order valence-electron chi connectivity index (χ2n) is 10.3. The van der Waals surface area contributed by atoms with Gasteiger partial charge in [0.2, 0.25) is 5.91 Å². The Labute approximate surface area is 207 Å². The molecule has 6 rings (SSSR count). The van der Waals surface area contributed by atoms with E-state index in [0.717, 1.165) is 41.0 Å². The number of amidine groups is 1. The molecule has 1 unspecified atom stereocenters. The number of para-hydroxylation sites is 1. The molecule has 0 spiro atoms. The summed E-state index contributed by atoms with van der Waals surface area (Å²) in [5.41, 5.74) is 0.961. The topological polar surface area (TPSA) is 65.9 Å². The van der Waals surface area contributed by atoms with Gasteiger partial charge in [0.25, 0.3) is 5.91 Å². The second kappa shape index (κ2) is 8.22. The van der Waals surface area contributed by atoms with Crippen LogP contribution in [0.1, 0.15) is 38.7 Å². The zero-order valence-electron chi connectivity index (χ0n) is 19.8. The minimum Gasteiger partial charge on any atom is -0.342 e. The fourth-order valence-electron chi connectivity index (χ4n) is 5.03. The van der Waals surface area contributed by atoms with Gasteiger partial charge in [0, 0.05) is 31.1 Å². The van der Waals surface area contributed by atoms with E-state index >= 15 is 4.39 Å². The van der Waals surface area contributed by atoms with Crippen molar-refractivity contribution >= 4 is 39.2 Å². The number of aliphatic imine (C=N–C) groups is 1. The van der Waals surface area contributed by atoms with Crippen LogP contribution in [0.3, 0.4) is 0 Å². The molecule has 8 heteroatoms. The Bertz CT molecular complexity index is 1340. The third-order valence-corrected chi connectivity index (χ3v) is 8.21. The largest absolute Gasteiger partial charge is 0.342 e. The van der Waals surface area contributed by atoms with Gasteiger partial charge in [-0.25, -0.2) is 9.37 Å². The second-order valence-corrected chi connectivity index (χ2v) is 11.3. The summed E-state index contributed by atoms with van der Waals surface area (Å²) in [5.74, 6) is 0.417. The van der Waals surface area contributed by atoms with Crippen molar-refractivity contribution < 1.29 is 14.0 Å². The molecule has 3 heterocycles. The lowest BCUT2D eigenvalue weighted by Gasteiger charge is -2.24. The predicted molar refractivity (Wildman–Crippen MR) is 135 cm³/mol. The normalized spacial score (nSPS) is 21.7. The number of carbonyl (C=O) groups is 2. The van der Waals surface area contributed by atoms with E-state index in [1.54, 1.807) is 24.8 Å². The minimum atomic E-state index is -0.949. The molecule has 35 heavy (non-hydrogen) atoms. The van der Waals surface area contributed by atoms with Gasteiger partial charge < -0.3 is 4.90 Å². The molecule has 180 valence electrons. The first-order valence-electron chi connectivity index (χ1n) is 12.2.